The van der Waals surface area contributed by atoms with Gasteiger partial charge < -0.3 is 19.7 Å². The monoisotopic (exact) mass is 390 g/mol. The standard InChI is InChI=1S/C24H26N2O3/c1-25(2)16-9-11-17-19(13-16)23(27)26-20-12-15(24(28)29)8-10-18(20)21(22(17)26)14-6-4-3-5-7-14/h8-14,23,27H,3-7H2,1-2H3,(H,28,29). The Bertz CT molecular complexity index is 1120. The zero-order valence-corrected chi connectivity index (χ0v) is 16.9. The van der Waals surface area contributed by atoms with Crippen LogP contribution in [0.15, 0.2) is 36.4 Å². The third-order valence-electron chi connectivity index (χ3n) is 6.63. The Kier molecular flexibility index (Phi) is 4.17. The third kappa shape index (κ3) is 2.68. The van der Waals surface area contributed by atoms with Gasteiger partial charge in [0.2, 0.25) is 0 Å². The highest BCUT2D eigenvalue weighted by Crippen LogP contribution is 2.51. The summed E-state index contributed by atoms with van der Waals surface area (Å²) in [6.45, 7) is 0. The molecule has 1 aliphatic carbocycles. The number of aliphatic hydroxyl groups is 1. The number of rotatable bonds is 3. The normalized spacial score (nSPS) is 18.7. The number of aromatic nitrogens is 1. The number of carbonyl (C=O) groups is 1. The molecule has 2 N–H and O–H groups in total. The van der Waals surface area contributed by atoms with Crippen LogP contribution in [0.25, 0.3) is 22.2 Å². The summed E-state index contributed by atoms with van der Waals surface area (Å²) in [5.74, 6) is -0.494. The molecule has 1 aromatic heterocycles. The van der Waals surface area contributed by atoms with Gasteiger partial charge in [-0.05, 0) is 48.6 Å². The zero-order chi connectivity index (χ0) is 20.3. The lowest BCUT2D eigenvalue weighted by atomic mass is 9.81. The molecule has 5 nitrogen and oxygen atoms in total. The summed E-state index contributed by atoms with van der Waals surface area (Å²) in [7, 11) is 3.98. The maximum absolute atomic E-state index is 11.6. The van der Waals surface area contributed by atoms with Crippen LogP contribution in [-0.2, 0) is 0 Å². The Labute approximate surface area is 170 Å². The van der Waals surface area contributed by atoms with Crippen molar-refractivity contribution in [3.63, 3.8) is 0 Å². The number of carboxylic acid groups (broad SMARTS) is 1. The topological polar surface area (TPSA) is 65.7 Å². The zero-order valence-electron chi connectivity index (χ0n) is 16.9. The van der Waals surface area contributed by atoms with Crippen molar-refractivity contribution in [3.8, 4) is 11.3 Å². The Morgan fingerprint density at radius 2 is 1.83 bits per heavy atom. The number of carboxylic acids is 1. The van der Waals surface area contributed by atoms with E-state index < -0.39 is 12.2 Å². The van der Waals surface area contributed by atoms with Gasteiger partial charge in [-0.1, -0.05) is 31.4 Å². The predicted molar refractivity (Wildman–Crippen MR) is 115 cm³/mol. The van der Waals surface area contributed by atoms with Crippen LogP contribution in [0.5, 0.6) is 0 Å². The average Bonchev–Trinajstić information content (AvgIpc) is 3.21. The van der Waals surface area contributed by atoms with Gasteiger partial charge in [-0.15, -0.1) is 0 Å². The molecule has 0 bridgehead atoms. The summed E-state index contributed by atoms with van der Waals surface area (Å²) < 4.78 is 1.95. The van der Waals surface area contributed by atoms with Crippen LogP contribution in [-0.4, -0.2) is 34.8 Å². The second-order valence-electron chi connectivity index (χ2n) is 8.54. The van der Waals surface area contributed by atoms with Gasteiger partial charge in [0.25, 0.3) is 0 Å². The number of fused-ring (bicyclic) bond motifs is 5. The van der Waals surface area contributed by atoms with Crippen molar-refractivity contribution >= 4 is 22.6 Å². The third-order valence-corrected chi connectivity index (χ3v) is 6.63. The maximum Gasteiger partial charge on any atom is 0.335 e. The number of anilines is 1. The molecule has 0 spiro atoms. The lowest BCUT2D eigenvalue weighted by molar-refractivity contribution is 0.0697. The minimum absolute atomic E-state index is 0.255. The van der Waals surface area contributed by atoms with E-state index in [1.807, 2.05) is 35.7 Å². The number of hydrogen-bond acceptors (Lipinski definition) is 3. The predicted octanol–water partition coefficient (Wildman–Crippen LogP) is 4.97. The Morgan fingerprint density at radius 3 is 2.52 bits per heavy atom. The molecule has 1 unspecified atom stereocenters. The van der Waals surface area contributed by atoms with Gasteiger partial charge >= 0.3 is 5.97 Å². The van der Waals surface area contributed by atoms with Crippen LogP contribution < -0.4 is 4.90 Å². The maximum atomic E-state index is 11.6. The number of hydrogen-bond donors (Lipinski definition) is 2. The molecule has 2 heterocycles. The van der Waals surface area contributed by atoms with E-state index in [-0.39, 0.29) is 5.56 Å². The van der Waals surface area contributed by atoms with Crippen LogP contribution in [0.2, 0.25) is 0 Å². The van der Waals surface area contributed by atoms with Crippen molar-refractivity contribution in [1.29, 1.82) is 0 Å². The van der Waals surface area contributed by atoms with Gasteiger partial charge in [0.15, 0.2) is 6.23 Å². The van der Waals surface area contributed by atoms with E-state index >= 15 is 0 Å². The van der Waals surface area contributed by atoms with E-state index in [0.29, 0.717) is 5.92 Å². The van der Waals surface area contributed by atoms with E-state index in [4.69, 9.17) is 0 Å². The molecule has 2 aliphatic rings. The largest absolute Gasteiger partial charge is 0.478 e. The molecule has 3 aromatic rings. The SMILES string of the molecule is CN(C)c1ccc2c(c1)C(O)n1c-2c(C2CCCCC2)c2ccc(C(=O)O)cc21. The number of aliphatic hydroxyl groups excluding tert-OH is 1. The van der Waals surface area contributed by atoms with Crippen LogP contribution in [0.1, 0.15) is 65.7 Å². The molecule has 5 rings (SSSR count). The fraction of sp³-hybridized carbons (Fsp3) is 0.375. The molecule has 5 heteroatoms. The van der Waals surface area contributed by atoms with E-state index in [1.165, 1.54) is 24.8 Å². The summed E-state index contributed by atoms with van der Waals surface area (Å²) >= 11 is 0. The summed E-state index contributed by atoms with van der Waals surface area (Å²) in [5.41, 5.74) is 6.43. The summed E-state index contributed by atoms with van der Waals surface area (Å²) in [6, 6.07) is 11.6. The molecule has 2 aromatic carbocycles. The first-order chi connectivity index (χ1) is 14.0. The molecule has 29 heavy (non-hydrogen) atoms. The van der Waals surface area contributed by atoms with E-state index in [9.17, 15) is 15.0 Å². The first-order valence-corrected chi connectivity index (χ1v) is 10.4. The molecular weight excluding hydrogens is 364 g/mol. The van der Waals surface area contributed by atoms with Gasteiger partial charge in [0.05, 0.1) is 16.8 Å². The molecule has 150 valence electrons. The van der Waals surface area contributed by atoms with Gasteiger partial charge in [0.1, 0.15) is 0 Å². The first kappa shape index (κ1) is 18.3. The summed E-state index contributed by atoms with van der Waals surface area (Å²) in [4.78, 5) is 13.6. The van der Waals surface area contributed by atoms with Crippen LogP contribution in [0.4, 0.5) is 5.69 Å². The minimum atomic E-state index is -0.943. The Hall–Kier alpha value is -2.79. The number of benzene rings is 2. The van der Waals surface area contributed by atoms with Crippen molar-refractivity contribution in [2.24, 2.45) is 0 Å². The Morgan fingerprint density at radius 1 is 1.07 bits per heavy atom. The second kappa shape index (κ2) is 6.63. The van der Waals surface area contributed by atoms with Crippen LogP contribution in [0, 0.1) is 0 Å². The van der Waals surface area contributed by atoms with Crippen molar-refractivity contribution in [1.82, 2.24) is 4.57 Å². The molecule has 0 radical (unpaired) electrons. The first-order valence-electron chi connectivity index (χ1n) is 10.4. The Balaban J connectivity index is 1.80. The van der Waals surface area contributed by atoms with Crippen molar-refractivity contribution < 1.29 is 15.0 Å². The van der Waals surface area contributed by atoms with Gasteiger partial charge in [-0.2, -0.15) is 0 Å². The van der Waals surface area contributed by atoms with E-state index in [1.54, 1.807) is 12.1 Å². The van der Waals surface area contributed by atoms with Crippen LogP contribution in [0.3, 0.4) is 0 Å². The highest BCUT2D eigenvalue weighted by atomic mass is 16.4. The van der Waals surface area contributed by atoms with Gasteiger partial charge in [-0.25, -0.2) is 4.79 Å². The minimum Gasteiger partial charge on any atom is -0.478 e. The molecule has 1 fully saturated rings. The van der Waals surface area contributed by atoms with Crippen molar-refractivity contribution in [2.75, 3.05) is 19.0 Å². The molecule has 1 aliphatic heterocycles. The average molecular weight is 390 g/mol. The molecule has 0 amide bonds. The summed E-state index contributed by atoms with van der Waals surface area (Å²) in [6.07, 6.45) is 5.21. The number of aromatic carboxylic acids is 1. The van der Waals surface area contributed by atoms with Crippen molar-refractivity contribution in [2.45, 2.75) is 44.2 Å². The molecule has 1 saturated carbocycles. The fourth-order valence-electron chi connectivity index (χ4n) is 5.20. The molecular formula is C24H26N2O3. The van der Waals surface area contributed by atoms with Gasteiger partial charge in [-0.3, -0.25) is 0 Å². The van der Waals surface area contributed by atoms with Gasteiger partial charge in [0, 0.05) is 36.3 Å². The fourth-order valence-corrected chi connectivity index (χ4v) is 5.20. The lowest BCUT2D eigenvalue weighted by Gasteiger charge is -2.23. The molecule has 1 atom stereocenters. The number of nitrogens with zero attached hydrogens (tertiary/aromatic N) is 2. The van der Waals surface area contributed by atoms with Crippen LogP contribution >= 0.6 is 0 Å². The quantitative estimate of drug-likeness (QED) is 0.662. The van der Waals surface area contributed by atoms with E-state index in [2.05, 4.69) is 12.1 Å². The second-order valence-corrected chi connectivity index (χ2v) is 8.54. The lowest BCUT2D eigenvalue weighted by Crippen LogP contribution is -2.10. The van der Waals surface area contributed by atoms with Crippen molar-refractivity contribution in [3.05, 3.63) is 53.1 Å². The highest BCUT2D eigenvalue weighted by Gasteiger charge is 2.35. The smallest absolute Gasteiger partial charge is 0.335 e. The molecule has 0 saturated heterocycles. The summed E-state index contributed by atoms with van der Waals surface area (Å²) in [5, 5.41) is 21.9. The highest BCUT2D eigenvalue weighted by molar-refractivity contribution is 5.99. The van der Waals surface area contributed by atoms with E-state index in [0.717, 1.165) is 46.3 Å².